The topological polar surface area (TPSA) is 92.5 Å². The van der Waals surface area contributed by atoms with Crippen LogP contribution >= 0.6 is 0 Å². The summed E-state index contributed by atoms with van der Waals surface area (Å²) in [6.07, 6.45) is 0. The van der Waals surface area contributed by atoms with Crippen molar-refractivity contribution in [3.63, 3.8) is 0 Å². The van der Waals surface area contributed by atoms with Crippen molar-refractivity contribution in [1.82, 2.24) is 9.62 Å². The van der Waals surface area contributed by atoms with Gasteiger partial charge < -0.3 is 10.6 Å². The van der Waals surface area contributed by atoms with Gasteiger partial charge in [-0.05, 0) is 12.1 Å². The monoisotopic (exact) mass is 293 g/mol. The van der Waals surface area contributed by atoms with Gasteiger partial charge in [0.2, 0.25) is 15.9 Å². The standard InChI is InChI=1S/C10H13F2N3O3S/c1-15(2)8(16)5-14-19(17,18)7-4-3-6(11)10(13)9(7)12/h3-4,14H,5,13H2,1-2H3. The lowest BCUT2D eigenvalue weighted by atomic mass is 10.3. The van der Waals surface area contributed by atoms with E-state index >= 15 is 0 Å². The number of halogens is 2. The molecule has 9 heteroatoms. The first-order valence-corrected chi connectivity index (χ1v) is 6.58. The van der Waals surface area contributed by atoms with Crippen molar-refractivity contribution in [1.29, 1.82) is 0 Å². The van der Waals surface area contributed by atoms with Gasteiger partial charge in [-0.15, -0.1) is 0 Å². The number of nitrogens with one attached hydrogen (secondary N) is 1. The molecule has 0 radical (unpaired) electrons. The average Bonchev–Trinajstić information content (AvgIpc) is 2.32. The first-order valence-electron chi connectivity index (χ1n) is 5.10. The Bertz CT molecular complexity index is 602. The second-order valence-corrected chi connectivity index (χ2v) is 5.62. The Morgan fingerprint density at radius 2 is 1.95 bits per heavy atom. The third kappa shape index (κ3) is 3.38. The Morgan fingerprint density at radius 3 is 2.47 bits per heavy atom. The van der Waals surface area contributed by atoms with E-state index in [1.54, 1.807) is 0 Å². The van der Waals surface area contributed by atoms with Gasteiger partial charge in [0, 0.05) is 14.1 Å². The molecule has 0 saturated carbocycles. The highest BCUT2D eigenvalue weighted by Crippen LogP contribution is 2.22. The van der Waals surface area contributed by atoms with E-state index in [0.717, 1.165) is 17.0 Å². The number of hydrogen-bond acceptors (Lipinski definition) is 4. The molecule has 0 heterocycles. The van der Waals surface area contributed by atoms with Crippen molar-refractivity contribution in [2.45, 2.75) is 4.90 Å². The van der Waals surface area contributed by atoms with Gasteiger partial charge in [0.05, 0.1) is 6.54 Å². The summed E-state index contributed by atoms with van der Waals surface area (Å²) in [5.74, 6) is -2.95. The van der Waals surface area contributed by atoms with Gasteiger partial charge in [-0.25, -0.2) is 21.9 Å². The van der Waals surface area contributed by atoms with E-state index in [4.69, 9.17) is 5.73 Å². The number of likely N-dealkylation sites (N-methyl/N-ethyl adjacent to an activating group) is 1. The summed E-state index contributed by atoms with van der Waals surface area (Å²) in [6.45, 7) is -0.536. The lowest BCUT2D eigenvalue weighted by molar-refractivity contribution is -0.127. The first kappa shape index (κ1) is 15.3. The van der Waals surface area contributed by atoms with Crippen LogP contribution in [0, 0.1) is 11.6 Å². The fourth-order valence-corrected chi connectivity index (χ4v) is 2.21. The fourth-order valence-electron chi connectivity index (χ4n) is 1.15. The van der Waals surface area contributed by atoms with E-state index < -0.39 is 44.7 Å². The Kier molecular flexibility index (Phi) is 4.43. The number of anilines is 1. The van der Waals surface area contributed by atoms with E-state index in [1.165, 1.54) is 14.1 Å². The summed E-state index contributed by atoms with van der Waals surface area (Å²) in [7, 11) is -1.40. The molecule has 0 bridgehead atoms. The SMILES string of the molecule is CN(C)C(=O)CNS(=O)(=O)c1ccc(F)c(N)c1F. The molecule has 19 heavy (non-hydrogen) atoms. The van der Waals surface area contributed by atoms with E-state index in [1.807, 2.05) is 4.72 Å². The largest absolute Gasteiger partial charge is 0.394 e. The number of nitrogens with two attached hydrogens (primary N) is 1. The van der Waals surface area contributed by atoms with Crippen molar-refractivity contribution in [2.75, 3.05) is 26.4 Å². The predicted octanol–water partition coefficient (Wildman–Crippen LogP) is -0.0865. The van der Waals surface area contributed by atoms with Crippen molar-refractivity contribution in [2.24, 2.45) is 0 Å². The minimum Gasteiger partial charge on any atom is -0.394 e. The number of hydrogen-bond donors (Lipinski definition) is 2. The molecule has 1 aromatic carbocycles. The predicted molar refractivity (Wildman–Crippen MR) is 64.7 cm³/mol. The summed E-state index contributed by atoms with van der Waals surface area (Å²) in [5, 5.41) is 0. The Labute approximate surface area is 109 Å². The molecule has 106 valence electrons. The highest BCUT2D eigenvalue weighted by molar-refractivity contribution is 7.89. The normalized spacial score (nSPS) is 11.4. The number of sulfonamides is 1. The van der Waals surface area contributed by atoms with Gasteiger partial charge in [0.1, 0.15) is 16.4 Å². The molecular weight excluding hydrogens is 280 g/mol. The Hall–Kier alpha value is -1.74. The van der Waals surface area contributed by atoms with Crippen molar-refractivity contribution < 1.29 is 22.0 Å². The molecule has 3 N–H and O–H groups in total. The highest BCUT2D eigenvalue weighted by Gasteiger charge is 2.23. The van der Waals surface area contributed by atoms with E-state index in [9.17, 15) is 22.0 Å². The van der Waals surface area contributed by atoms with Gasteiger partial charge in [-0.3, -0.25) is 4.79 Å². The van der Waals surface area contributed by atoms with Crippen LogP contribution < -0.4 is 10.5 Å². The molecule has 1 aromatic rings. The number of rotatable bonds is 4. The lowest BCUT2D eigenvalue weighted by Crippen LogP contribution is -2.36. The molecule has 0 saturated heterocycles. The number of amides is 1. The van der Waals surface area contributed by atoms with E-state index in [-0.39, 0.29) is 0 Å². The van der Waals surface area contributed by atoms with Crippen LogP contribution in [0.1, 0.15) is 0 Å². The highest BCUT2D eigenvalue weighted by atomic mass is 32.2. The molecule has 6 nitrogen and oxygen atoms in total. The number of nitrogen functional groups attached to an aromatic ring is 1. The maximum Gasteiger partial charge on any atom is 0.244 e. The van der Waals surface area contributed by atoms with Crippen LogP contribution in [-0.4, -0.2) is 39.9 Å². The number of carbonyl (C=O) groups excluding carboxylic acids is 1. The maximum atomic E-state index is 13.6. The third-order valence-electron chi connectivity index (χ3n) is 2.29. The summed E-state index contributed by atoms with van der Waals surface area (Å²) in [6, 6.07) is 1.48. The number of carbonyl (C=O) groups is 1. The van der Waals surface area contributed by atoms with Crippen LogP contribution in [0.3, 0.4) is 0 Å². The van der Waals surface area contributed by atoms with Gasteiger partial charge >= 0.3 is 0 Å². The molecule has 0 aromatic heterocycles. The summed E-state index contributed by atoms with van der Waals surface area (Å²) in [5.41, 5.74) is 4.18. The van der Waals surface area contributed by atoms with Crippen molar-refractivity contribution >= 4 is 21.6 Å². The smallest absolute Gasteiger partial charge is 0.244 e. The zero-order chi connectivity index (χ0) is 14.8. The fraction of sp³-hybridized carbons (Fsp3) is 0.300. The Balaban J connectivity index is 3.02. The molecule has 1 rings (SSSR count). The minimum absolute atomic E-state index is 0.515. The summed E-state index contributed by atoms with van der Waals surface area (Å²) < 4.78 is 51.9. The van der Waals surface area contributed by atoms with Crippen LogP contribution in [0.25, 0.3) is 0 Å². The van der Waals surface area contributed by atoms with Gasteiger partial charge in [-0.1, -0.05) is 0 Å². The number of nitrogens with zero attached hydrogens (tertiary/aromatic N) is 1. The van der Waals surface area contributed by atoms with Crippen LogP contribution in [0.2, 0.25) is 0 Å². The quantitative estimate of drug-likeness (QED) is 0.759. The molecule has 0 aliphatic rings. The van der Waals surface area contributed by atoms with Crippen LogP contribution in [0.4, 0.5) is 14.5 Å². The van der Waals surface area contributed by atoms with Crippen molar-refractivity contribution in [3.05, 3.63) is 23.8 Å². The molecule has 0 aliphatic heterocycles. The number of benzene rings is 1. The van der Waals surface area contributed by atoms with Gasteiger partial charge in [-0.2, -0.15) is 0 Å². The molecule has 0 aliphatic carbocycles. The Morgan fingerprint density at radius 1 is 1.37 bits per heavy atom. The van der Waals surface area contributed by atoms with Gasteiger partial charge in [0.15, 0.2) is 5.82 Å². The molecule has 0 fully saturated rings. The maximum absolute atomic E-state index is 13.6. The molecule has 1 amide bonds. The van der Waals surface area contributed by atoms with Crippen LogP contribution in [0.5, 0.6) is 0 Å². The second kappa shape index (κ2) is 5.49. The average molecular weight is 293 g/mol. The van der Waals surface area contributed by atoms with E-state index in [2.05, 4.69) is 0 Å². The zero-order valence-electron chi connectivity index (χ0n) is 10.3. The molecule has 0 spiro atoms. The van der Waals surface area contributed by atoms with Crippen LogP contribution in [-0.2, 0) is 14.8 Å². The first-order chi connectivity index (χ1) is 8.66. The summed E-state index contributed by atoms with van der Waals surface area (Å²) in [4.78, 5) is 11.6. The van der Waals surface area contributed by atoms with Crippen LogP contribution in [0.15, 0.2) is 17.0 Å². The molecular formula is C10H13F2N3O3S. The molecule has 0 unspecified atom stereocenters. The van der Waals surface area contributed by atoms with E-state index in [0.29, 0.717) is 0 Å². The minimum atomic E-state index is -4.28. The van der Waals surface area contributed by atoms with Gasteiger partial charge in [0.25, 0.3) is 0 Å². The molecule has 0 atom stereocenters. The second-order valence-electron chi connectivity index (χ2n) is 3.89. The third-order valence-corrected chi connectivity index (χ3v) is 3.71. The lowest BCUT2D eigenvalue weighted by Gasteiger charge is -2.12. The summed E-state index contributed by atoms with van der Waals surface area (Å²) >= 11 is 0. The van der Waals surface area contributed by atoms with Crippen molar-refractivity contribution in [3.8, 4) is 0 Å². The zero-order valence-corrected chi connectivity index (χ0v) is 11.1.